The molecule has 0 unspecified atom stereocenters. The maximum Gasteiger partial charge on any atom is 0.422 e. The summed E-state index contributed by atoms with van der Waals surface area (Å²) in [6.07, 6.45) is -8.31. The Morgan fingerprint density at radius 1 is 0.889 bits per heavy atom. The number of hydrogen-bond donors (Lipinski definition) is 3. The van der Waals surface area contributed by atoms with E-state index >= 15 is 0 Å². The lowest BCUT2D eigenvalue weighted by molar-refractivity contribution is -0.154. The second kappa shape index (κ2) is 10.4. The van der Waals surface area contributed by atoms with Crippen molar-refractivity contribution in [2.45, 2.75) is 18.9 Å². The number of hydrogen-bond acceptors (Lipinski definition) is 8. The molecule has 0 amide bonds. The Morgan fingerprint density at radius 2 is 1.56 bits per heavy atom. The quantitative estimate of drug-likeness (QED) is 0.341. The topological polar surface area (TPSA) is 118 Å². The molecule has 1 heterocycles. The van der Waals surface area contributed by atoms with Crippen LogP contribution in [0.4, 0.5) is 49.6 Å². The minimum atomic E-state index is -4.68. The maximum absolute atomic E-state index is 13.0. The lowest BCUT2D eigenvalue weighted by atomic mass is 10.2. The number of sulfonamides is 1. The summed E-state index contributed by atoms with van der Waals surface area (Å²) in [6.45, 7) is -1.64. The fourth-order valence-corrected chi connectivity index (χ4v) is 3.25. The first-order chi connectivity index (χ1) is 16.7. The molecule has 0 aliphatic rings. The van der Waals surface area contributed by atoms with Crippen LogP contribution in [0.3, 0.4) is 0 Å². The smallest absolute Gasteiger partial charge is 0.422 e. The van der Waals surface area contributed by atoms with Crippen molar-refractivity contribution in [1.82, 2.24) is 15.0 Å². The van der Waals surface area contributed by atoms with E-state index in [0.717, 1.165) is 24.5 Å². The van der Waals surface area contributed by atoms with E-state index in [2.05, 4.69) is 35.0 Å². The molecular weight excluding hydrogens is 518 g/mol. The van der Waals surface area contributed by atoms with Gasteiger partial charge < -0.3 is 15.4 Å². The molecule has 0 aliphatic carbocycles. The first-order valence-electron chi connectivity index (χ1n) is 9.87. The fourth-order valence-electron chi connectivity index (χ4n) is 2.69. The van der Waals surface area contributed by atoms with E-state index in [4.69, 9.17) is 0 Å². The zero-order valence-corrected chi connectivity index (χ0v) is 19.1. The Morgan fingerprint density at radius 3 is 2.17 bits per heavy atom. The number of ether oxygens (including phenoxy) is 1. The largest absolute Gasteiger partial charge is 0.454 e. The summed E-state index contributed by atoms with van der Waals surface area (Å²) >= 11 is 0. The normalized spacial score (nSPS) is 12.2. The van der Waals surface area contributed by atoms with Gasteiger partial charge in [0.05, 0.1) is 11.8 Å². The van der Waals surface area contributed by atoms with Crippen LogP contribution in [0.15, 0.2) is 48.5 Å². The molecule has 3 aromatic rings. The van der Waals surface area contributed by atoms with Gasteiger partial charge in [0.25, 0.3) is 0 Å². The molecular formula is C20H18F6N6O3S. The molecule has 3 N–H and O–H groups in total. The van der Waals surface area contributed by atoms with E-state index in [1.165, 1.54) is 18.2 Å². The Labute approximate surface area is 201 Å². The summed E-state index contributed by atoms with van der Waals surface area (Å²) in [5.41, 5.74) is -0.0867. The molecule has 9 nitrogen and oxygen atoms in total. The summed E-state index contributed by atoms with van der Waals surface area (Å²) < 4.78 is 106. The number of aromatic nitrogens is 3. The molecule has 0 bridgehead atoms. The average Bonchev–Trinajstić information content (AvgIpc) is 2.75. The van der Waals surface area contributed by atoms with Crippen molar-refractivity contribution in [3.05, 3.63) is 59.7 Å². The lowest BCUT2D eigenvalue weighted by Crippen LogP contribution is -2.21. The van der Waals surface area contributed by atoms with Crippen LogP contribution in [0.5, 0.6) is 6.01 Å². The second-order valence-electron chi connectivity index (χ2n) is 7.30. The monoisotopic (exact) mass is 536 g/mol. The number of rotatable bonds is 9. The third-order valence-corrected chi connectivity index (χ3v) is 4.74. The summed E-state index contributed by atoms with van der Waals surface area (Å²) in [4.78, 5) is 11.4. The number of nitrogens with one attached hydrogen (secondary N) is 3. The van der Waals surface area contributed by atoms with E-state index in [1.54, 1.807) is 12.1 Å². The van der Waals surface area contributed by atoms with Gasteiger partial charge in [-0.25, -0.2) is 8.42 Å². The lowest BCUT2D eigenvalue weighted by Gasteiger charge is -2.13. The van der Waals surface area contributed by atoms with E-state index in [9.17, 15) is 34.8 Å². The van der Waals surface area contributed by atoms with Crippen molar-refractivity contribution in [2.75, 3.05) is 28.2 Å². The molecule has 3 rings (SSSR count). The van der Waals surface area contributed by atoms with Crippen LogP contribution in [0.25, 0.3) is 0 Å². The third-order valence-electron chi connectivity index (χ3n) is 4.13. The van der Waals surface area contributed by atoms with E-state index in [0.29, 0.717) is 11.3 Å². The van der Waals surface area contributed by atoms with Gasteiger partial charge in [-0.1, -0.05) is 18.2 Å². The third kappa shape index (κ3) is 8.75. The van der Waals surface area contributed by atoms with Gasteiger partial charge in [0.2, 0.25) is 21.9 Å². The zero-order valence-electron chi connectivity index (χ0n) is 18.3. The molecule has 1 aromatic heterocycles. The highest BCUT2D eigenvalue weighted by Gasteiger charge is 2.31. The van der Waals surface area contributed by atoms with Gasteiger partial charge in [0.15, 0.2) is 6.61 Å². The maximum atomic E-state index is 13.0. The molecule has 194 valence electrons. The molecule has 0 spiro atoms. The van der Waals surface area contributed by atoms with Crippen LogP contribution in [-0.2, 0) is 22.7 Å². The highest BCUT2D eigenvalue weighted by Crippen LogP contribution is 2.31. The van der Waals surface area contributed by atoms with Gasteiger partial charge in [-0.15, -0.1) is 0 Å². The van der Waals surface area contributed by atoms with Gasteiger partial charge in [-0.3, -0.25) is 4.72 Å². The van der Waals surface area contributed by atoms with Crippen LogP contribution in [0.2, 0.25) is 0 Å². The van der Waals surface area contributed by atoms with Crippen molar-refractivity contribution in [1.29, 1.82) is 0 Å². The van der Waals surface area contributed by atoms with Crippen molar-refractivity contribution in [3.63, 3.8) is 0 Å². The highest BCUT2D eigenvalue weighted by atomic mass is 32.2. The molecule has 2 aromatic carbocycles. The predicted octanol–water partition coefficient (Wildman–Crippen LogP) is 4.56. The van der Waals surface area contributed by atoms with Crippen molar-refractivity contribution in [3.8, 4) is 6.01 Å². The Balaban J connectivity index is 1.80. The minimum Gasteiger partial charge on any atom is -0.454 e. The van der Waals surface area contributed by atoms with Gasteiger partial charge in [-0.05, 0) is 35.9 Å². The summed E-state index contributed by atoms with van der Waals surface area (Å²) in [5.74, 6) is -0.591. The summed E-state index contributed by atoms with van der Waals surface area (Å²) in [5, 5.41) is 5.24. The predicted molar refractivity (Wildman–Crippen MR) is 118 cm³/mol. The van der Waals surface area contributed by atoms with Crippen LogP contribution in [0.1, 0.15) is 11.1 Å². The van der Waals surface area contributed by atoms with Crippen LogP contribution < -0.4 is 20.1 Å². The Bertz CT molecular complexity index is 1300. The van der Waals surface area contributed by atoms with Crippen molar-refractivity contribution < 1.29 is 39.5 Å². The van der Waals surface area contributed by atoms with Gasteiger partial charge >= 0.3 is 18.4 Å². The van der Waals surface area contributed by atoms with Gasteiger partial charge in [0, 0.05) is 17.9 Å². The standard InChI is InChI=1S/C20H18F6N6O3S/c1-36(33,34)32-14-7-5-12(6-8-14)10-27-16-29-17(31-18(30-16)35-11-19(21,22)23)28-15-4-2-3-13(9-15)20(24,25)26/h2-9,32H,10-11H2,1H3,(H2,27,28,29,30,31). The number of halogens is 6. The van der Waals surface area contributed by atoms with Crippen molar-refractivity contribution in [2.24, 2.45) is 0 Å². The molecule has 0 aliphatic heterocycles. The number of anilines is 4. The summed E-state index contributed by atoms with van der Waals surface area (Å²) in [6, 6.07) is 9.46. The second-order valence-corrected chi connectivity index (χ2v) is 9.05. The number of nitrogens with zero attached hydrogens (tertiary/aromatic N) is 3. The molecule has 0 fully saturated rings. The Kier molecular flexibility index (Phi) is 7.76. The molecule has 0 saturated carbocycles. The molecule has 36 heavy (non-hydrogen) atoms. The van der Waals surface area contributed by atoms with Crippen LogP contribution >= 0.6 is 0 Å². The van der Waals surface area contributed by atoms with E-state index < -0.39 is 40.6 Å². The summed E-state index contributed by atoms with van der Waals surface area (Å²) in [7, 11) is -3.46. The Hall–Kier alpha value is -3.82. The first kappa shape index (κ1) is 26.8. The average molecular weight is 536 g/mol. The minimum absolute atomic E-state index is 0.0604. The SMILES string of the molecule is CS(=O)(=O)Nc1ccc(CNc2nc(Nc3cccc(C(F)(F)F)c3)nc(OCC(F)(F)F)n2)cc1. The van der Waals surface area contributed by atoms with Gasteiger partial charge in [-0.2, -0.15) is 41.3 Å². The zero-order chi connectivity index (χ0) is 26.6. The first-order valence-corrected chi connectivity index (χ1v) is 11.8. The number of benzene rings is 2. The van der Waals surface area contributed by atoms with Crippen LogP contribution in [0, 0.1) is 0 Å². The molecule has 0 saturated heterocycles. The van der Waals surface area contributed by atoms with Gasteiger partial charge in [0.1, 0.15) is 0 Å². The number of alkyl halides is 6. The molecule has 16 heteroatoms. The molecule has 0 atom stereocenters. The molecule has 0 radical (unpaired) electrons. The highest BCUT2D eigenvalue weighted by molar-refractivity contribution is 7.92. The van der Waals surface area contributed by atoms with Crippen molar-refractivity contribution >= 4 is 33.3 Å². The van der Waals surface area contributed by atoms with E-state index in [1.807, 2.05) is 0 Å². The van der Waals surface area contributed by atoms with Crippen LogP contribution in [-0.4, -0.2) is 42.4 Å². The van der Waals surface area contributed by atoms with E-state index in [-0.39, 0.29) is 24.1 Å². The fraction of sp³-hybridized carbons (Fsp3) is 0.250.